The van der Waals surface area contributed by atoms with Gasteiger partial charge in [-0.25, -0.2) is 0 Å². The standard InChI is InChI=1S/C66H121NO18/c1-3-5-7-9-11-13-15-17-19-21-23-25-27-29-31-33-35-37-39-41-43-50(71)49(67-54(72)44-42-40-38-36-34-32-30-28-26-24-22-20-18-16-14-12-10-8-6-4-2)48-80-64-60(78)57(75)62(52(46-69)82-64)85-66-61(79)58(76)63(53(47-70)83-66)84-65-59(77)56(74)55(73)51(45-68)81-65/h25,27,33,35,41,43,49-53,55-66,68-71,73-79H,3-24,26,28-32,34,36-40,42,44-48H2,1-2H3,(H,67,72)/b27-25+,35-33+,43-41+. The van der Waals surface area contributed by atoms with E-state index >= 15 is 0 Å². The Morgan fingerprint density at radius 1 is 0.412 bits per heavy atom. The number of carbonyl (C=O) groups excluding carboxylic acids is 1. The normalized spacial score (nSPS) is 29.2. The van der Waals surface area contributed by atoms with Crippen molar-refractivity contribution in [2.24, 2.45) is 0 Å². The number of amides is 1. The van der Waals surface area contributed by atoms with Gasteiger partial charge in [0.05, 0.1) is 38.6 Å². The van der Waals surface area contributed by atoms with E-state index in [4.69, 9.17) is 28.4 Å². The third-order valence-corrected chi connectivity index (χ3v) is 16.9. The lowest BCUT2D eigenvalue weighted by atomic mass is 9.96. The van der Waals surface area contributed by atoms with Crippen LogP contribution >= 0.6 is 0 Å². The Balaban J connectivity index is 1.48. The van der Waals surface area contributed by atoms with Crippen LogP contribution in [0.2, 0.25) is 0 Å². The molecule has 0 aliphatic carbocycles. The first kappa shape index (κ1) is 77.3. The highest BCUT2D eigenvalue weighted by atomic mass is 16.8. The Bertz CT molecular complexity index is 1690. The second kappa shape index (κ2) is 48.8. The quantitative estimate of drug-likeness (QED) is 0.0202. The number of nitrogens with one attached hydrogen (secondary N) is 1. The summed E-state index contributed by atoms with van der Waals surface area (Å²) < 4.78 is 34.3. The predicted octanol–water partition coefficient (Wildman–Crippen LogP) is 8.05. The molecular weight excluding hydrogens is 1090 g/mol. The lowest BCUT2D eigenvalue weighted by Gasteiger charge is -2.48. The second-order valence-corrected chi connectivity index (χ2v) is 24.3. The van der Waals surface area contributed by atoms with Crippen molar-refractivity contribution in [2.45, 2.75) is 349 Å². The van der Waals surface area contributed by atoms with Gasteiger partial charge < -0.3 is 89.9 Å². The van der Waals surface area contributed by atoms with Gasteiger partial charge in [-0.1, -0.05) is 230 Å². The number of carbonyl (C=O) groups is 1. The maximum absolute atomic E-state index is 13.4. The highest BCUT2D eigenvalue weighted by Crippen LogP contribution is 2.33. The molecule has 17 unspecified atom stereocenters. The maximum atomic E-state index is 13.4. The fourth-order valence-electron chi connectivity index (χ4n) is 11.4. The molecule has 85 heavy (non-hydrogen) atoms. The molecule has 3 saturated heterocycles. The summed E-state index contributed by atoms with van der Waals surface area (Å²) in [7, 11) is 0. The average Bonchev–Trinajstić information content (AvgIpc) is 3.10. The van der Waals surface area contributed by atoms with Crippen LogP contribution in [0.3, 0.4) is 0 Å². The van der Waals surface area contributed by atoms with Gasteiger partial charge in [0.2, 0.25) is 5.91 Å². The molecule has 19 nitrogen and oxygen atoms in total. The first-order chi connectivity index (χ1) is 41.3. The summed E-state index contributed by atoms with van der Waals surface area (Å²) >= 11 is 0. The van der Waals surface area contributed by atoms with Crippen LogP contribution in [0, 0.1) is 0 Å². The van der Waals surface area contributed by atoms with Gasteiger partial charge >= 0.3 is 0 Å². The van der Waals surface area contributed by atoms with Crippen LogP contribution in [0.15, 0.2) is 36.5 Å². The molecule has 3 heterocycles. The molecule has 17 atom stereocenters. The van der Waals surface area contributed by atoms with E-state index in [2.05, 4.69) is 43.5 Å². The van der Waals surface area contributed by atoms with Crippen LogP contribution in [0.5, 0.6) is 0 Å². The summed E-state index contributed by atoms with van der Waals surface area (Å²) in [5, 5.41) is 120. The summed E-state index contributed by atoms with van der Waals surface area (Å²) in [6, 6.07) is -0.994. The van der Waals surface area contributed by atoms with Crippen molar-refractivity contribution in [3.05, 3.63) is 36.5 Å². The van der Waals surface area contributed by atoms with Gasteiger partial charge in [-0.05, 0) is 44.9 Å². The second-order valence-electron chi connectivity index (χ2n) is 24.3. The number of aliphatic hydroxyl groups is 11. The van der Waals surface area contributed by atoms with Gasteiger partial charge in [-0.2, -0.15) is 0 Å². The Hall–Kier alpha value is -1.99. The van der Waals surface area contributed by atoms with Crippen molar-refractivity contribution in [1.82, 2.24) is 5.32 Å². The number of aliphatic hydroxyl groups excluding tert-OH is 11. The van der Waals surface area contributed by atoms with Crippen LogP contribution in [-0.2, 0) is 33.2 Å². The molecule has 19 heteroatoms. The summed E-state index contributed by atoms with van der Waals surface area (Å²) in [6.45, 7) is 1.72. The Morgan fingerprint density at radius 2 is 0.753 bits per heavy atom. The van der Waals surface area contributed by atoms with Gasteiger partial charge in [-0.3, -0.25) is 4.79 Å². The zero-order chi connectivity index (χ0) is 61.9. The molecular formula is C66H121NO18. The molecule has 0 radical (unpaired) electrons. The fourth-order valence-corrected chi connectivity index (χ4v) is 11.4. The first-order valence-corrected chi connectivity index (χ1v) is 33.7. The third kappa shape index (κ3) is 31.5. The molecule has 3 fully saturated rings. The van der Waals surface area contributed by atoms with Gasteiger partial charge in [0.15, 0.2) is 18.9 Å². The summed E-state index contributed by atoms with van der Waals surface area (Å²) in [5.74, 6) is -0.286. The number of allylic oxidation sites excluding steroid dienone is 5. The van der Waals surface area contributed by atoms with E-state index in [9.17, 15) is 61.0 Å². The van der Waals surface area contributed by atoms with Crippen molar-refractivity contribution in [3.8, 4) is 0 Å². The molecule has 0 spiro atoms. The van der Waals surface area contributed by atoms with Crippen molar-refractivity contribution < 1.29 is 89.4 Å². The summed E-state index contributed by atoms with van der Waals surface area (Å²) in [6.07, 6.45) is 28.3. The molecule has 3 aliphatic heterocycles. The number of hydrogen-bond donors (Lipinski definition) is 12. The highest BCUT2D eigenvalue weighted by Gasteiger charge is 2.53. The largest absolute Gasteiger partial charge is 0.394 e. The summed E-state index contributed by atoms with van der Waals surface area (Å²) in [4.78, 5) is 13.4. The van der Waals surface area contributed by atoms with E-state index in [1.165, 1.54) is 167 Å². The lowest BCUT2D eigenvalue weighted by molar-refractivity contribution is -0.379. The van der Waals surface area contributed by atoms with Crippen LogP contribution in [-0.4, -0.2) is 193 Å². The van der Waals surface area contributed by atoms with E-state index in [-0.39, 0.29) is 18.9 Å². The molecule has 12 N–H and O–H groups in total. The minimum atomic E-state index is -1.98. The van der Waals surface area contributed by atoms with E-state index in [1.54, 1.807) is 6.08 Å². The molecule has 3 rings (SSSR count). The van der Waals surface area contributed by atoms with E-state index < -0.39 is 124 Å². The van der Waals surface area contributed by atoms with Crippen molar-refractivity contribution >= 4 is 5.91 Å². The maximum Gasteiger partial charge on any atom is 0.220 e. The summed E-state index contributed by atoms with van der Waals surface area (Å²) in [5.41, 5.74) is 0. The molecule has 3 aliphatic rings. The molecule has 0 aromatic carbocycles. The van der Waals surface area contributed by atoms with Crippen LogP contribution < -0.4 is 5.32 Å². The minimum Gasteiger partial charge on any atom is -0.394 e. The van der Waals surface area contributed by atoms with Crippen LogP contribution in [0.1, 0.15) is 245 Å². The molecule has 1 amide bonds. The fraction of sp³-hybridized carbons (Fsp3) is 0.894. The highest BCUT2D eigenvalue weighted by molar-refractivity contribution is 5.76. The Kier molecular flexibility index (Phi) is 44.4. The molecule has 0 aromatic rings. The topological polar surface area (TPSA) is 307 Å². The zero-order valence-electron chi connectivity index (χ0n) is 52.3. The number of unbranched alkanes of at least 4 members (excludes halogenated alkanes) is 31. The van der Waals surface area contributed by atoms with E-state index in [1.807, 2.05) is 6.08 Å². The third-order valence-electron chi connectivity index (χ3n) is 16.9. The minimum absolute atomic E-state index is 0.236. The monoisotopic (exact) mass is 1220 g/mol. The number of rotatable bonds is 51. The van der Waals surface area contributed by atoms with Gasteiger partial charge in [0, 0.05) is 6.42 Å². The van der Waals surface area contributed by atoms with Gasteiger partial charge in [0.1, 0.15) is 73.2 Å². The van der Waals surface area contributed by atoms with Crippen molar-refractivity contribution in [2.75, 3.05) is 26.4 Å². The molecule has 0 saturated carbocycles. The predicted molar refractivity (Wildman–Crippen MR) is 328 cm³/mol. The molecule has 0 aromatic heterocycles. The SMILES string of the molecule is CCCCCCCCCCCC/C=C/CC/C=C/CC/C=C/C(O)C(COC1OC(CO)C(OC2OC(CO)C(OC3OC(CO)C(O)C(O)C3O)C(O)C2O)C(O)C1O)NC(=O)CCCCCCCCCCCCCCCCCCCCCC. The van der Waals surface area contributed by atoms with Gasteiger partial charge in [0.25, 0.3) is 0 Å². The number of ether oxygens (including phenoxy) is 6. The lowest BCUT2D eigenvalue weighted by Crippen LogP contribution is -2.66. The average molecular weight is 1220 g/mol. The van der Waals surface area contributed by atoms with E-state index in [0.29, 0.717) is 12.8 Å². The Morgan fingerprint density at radius 3 is 1.18 bits per heavy atom. The molecule has 498 valence electrons. The Labute approximate surface area is 511 Å². The smallest absolute Gasteiger partial charge is 0.220 e. The zero-order valence-corrected chi connectivity index (χ0v) is 52.3. The molecule has 0 bridgehead atoms. The first-order valence-electron chi connectivity index (χ1n) is 33.7. The van der Waals surface area contributed by atoms with Crippen molar-refractivity contribution in [1.29, 1.82) is 0 Å². The van der Waals surface area contributed by atoms with Crippen LogP contribution in [0.4, 0.5) is 0 Å². The number of hydrogen-bond acceptors (Lipinski definition) is 18. The van der Waals surface area contributed by atoms with Crippen molar-refractivity contribution in [3.63, 3.8) is 0 Å². The van der Waals surface area contributed by atoms with E-state index in [0.717, 1.165) is 44.9 Å². The van der Waals surface area contributed by atoms with Crippen LogP contribution in [0.25, 0.3) is 0 Å². The van der Waals surface area contributed by atoms with Gasteiger partial charge in [-0.15, -0.1) is 0 Å².